The van der Waals surface area contributed by atoms with Gasteiger partial charge in [0.05, 0.1) is 12.2 Å². The summed E-state index contributed by atoms with van der Waals surface area (Å²) < 4.78 is 13.2. The van der Waals surface area contributed by atoms with E-state index < -0.39 is 12.1 Å². The Kier molecular flexibility index (Phi) is 6.70. The predicted molar refractivity (Wildman–Crippen MR) is 119 cm³/mol. The van der Waals surface area contributed by atoms with Crippen LogP contribution in [0.15, 0.2) is 53.8 Å². The number of oxime groups is 1. The van der Waals surface area contributed by atoms with Crippen molar-refractivity contribution >= 4 is 22.7 Å². The van der Waals surface area contributed by atoms with Gasteiger partial charge in [-0.15, -0.1) is 0 Å². The summed E-state index contributed by atoms with van der Waals surface area (Å²) in [5.74, 6) is 0.0574. The van der Waals surface area contributed by atoms with Crippen LogP contribution in [0.25, 0.3) is 11.0 Å². The summed E-state index contributed by atoms with van der Waals surface area (Å²) in [5, 5.41) is 23.1. The summed E-state index contributed by atoms with van der Waals surface area (Å²) >= 11 is 0. The Hall–Kier alpha value is -3.39. The van der Waals surface area contributed by atoms with Crippen molar-refractivity contribution in [1.82, 2.24) is 9.55 Å². The minimum absolute atomic E-state index is 0.305. The summed E-state index contributed by atoms with van der Waals surface area (Å²) in [6.07, 6.45) is 3.51. The summed E-state index contributed by atoms with van der Waals surface area (Å²) in [4.78, 5) is 16.0. The van der Waals surface area contributed by atoms with Gasteiger partial charge >= 0.3 is 5.97 Å². The van der Waals surface area contributed by atoms with Crippen LogP contribution in [0.1, 0.15) is 31.0 Å². The average molecular weight is 437 g/mol. The molecule has 3 aromatic rings. The number of pyridine rings is 1. The smallest absolute Gasteiger partial charge is 0.333 e. The number of aromatic nitrogens is 2. The first-order valence-electron chi connectivity index (χ1n) is 10.8. The second-order valence-electron chi connectivity index (χ2n) is 7.86. The van der Waals surface area contributed by atoms with Crippen LogP contribution in [-0.2, 0) is 22.5 Å². The second kappa shape index (κ2) is 9.82. The third kappa shape index (κ3) is 5.08. The van der Waals surface area contributed by atoms with Gasteiger partial charge in [-0.1, -0.05) is 17.3 Å². The Morgan fingerprint density at radius 2 is 2.00 bits per heavy atom. The molecule has 8 nitrogen and oxygen atoms in total. The highest BCUT2D eigenvalue weighted by Gasteiger charge is 2.30. The van der Waals surface area contributed by atoms with Gasteiger partial charge in [0.15, 0.2) is 6.10 Å². The molecule has 8 heteroatoms. The molecule has 168 valence electrons. The molecular formula is C24H27N3O5. The molecule has 2 N–H and O–H groups in total. The number of aliphatic carboxylic acids is 1. The molecule has 0 amide bonds. The molecule has 1 saturated carbocycles. The summed E-state index contributed by atoms with van der Waals surface area (Å²) in [6, 6.07) is 13.3. The van der Waals surface area contributed by atoms with Crippen molar-refractivity contribution in [2.45, 2.75) is 38.8 Å². The van der Waals surface area contributed by atoms with Crippen molar-refractivity contribution in [3.63, 3.8) is 0 Å². The van der Waals surface area contributed by atoms with Crippen LogP contribution in [0, 0.1) is 5.92 Å². The van der Waals surface area contributed by atoms with Gasteiger partial charge in [-0.2, -0.15) is 0 Å². The van der Waals surface area contributed by atoms with Gasteiger partial charge in [0.1, 0.15) is 23.7 Å². The number of carboxylic acids is 1. The van der Waals surface area contributed by atoms with E-state index >= 15 is 0 Å². The zero-order valence-corrected chi connectivity index (χ0v) is 18.0. The van der Waals surface area contributed by atoms with Gasteiger partial charge in [-0.25, -0.2) is 9.78 Å². The monoisotopic (exact) mass is 437 g/mol. The molecule has 1 atom stereocenters. The molecule has 0 saturated heterocycles. The molecule has 0 radical (unpaired) electrons. The fourth-order valence-electron chi connectivity index (χ4n) is 3.70. The number of carboxylic acid groups (broad SMARTS) is 1. The molecule has 1 aromatic carbocycles. The van der Waals surface area contributed by atoms with Crippen molar-refractivity contribution < 1.29 is 24.6 Å². The van der Waals surface area contributed by atoms with Crippen LogP contribution >= 0.6 is 0 Å². The number of ether oxygens (including phenoxy) is 2. The molecule has 4 rings (SSSR count). The first-order chi connectivity index (χ1) is 15.6. The lowest BCUT2D eigenvalue weighted by molar-refractivity contribution is -0.149. The molecule has 1 fully saturated rings. The quantitative estimate of drug-likeness (QED) is 0.269. The van der Waals surface area contributed by atoms with Gasteiger partial charge in [0.25, 0.3) is 0 Å². The van der Waals surface area contributed by atoms with Gasteiger partial charge in [0, 0.05) is 30.5 Å². The van der Waals surface area contributed by atoms with Crippen molar-refractivity contribution in [3.8, 4) is 5.75 Å². The van der Waals surface area contributed by atoms with E-state index in [4.69, 9.17) is 14.5 Å². The Bertz CT molecular complexity index is 1100. The zero-order valence-electron chi connectivity index (χ0n) is 18.0. The third-order valence-corrected chi connectivity index (χ3v) is 5.53. The lowest BCUT2D eigenvalue weighted by atomic mass is 10.1. The number of carbonyl (C=O) groups is 1. The largest absolute Gasteiger partial charge is 0.492 e. The van der Waals surface area contributed by atoms with E-state index in [1.165, 1.54) is 0 Å². The molecule has 2 aromatic heterocycles. The van der Waals surface area contributed by atoms with Crippen molar-refractivity contribution in [2.75, 3.05) is 13.2 Å². The number of hydrogen-bond donors (Lipinski definition) is 2. The molecule has 1 unspecified atom stereocenters. The SMILES string of the molecule is CCOC(Cc1ccc(OCCn2ccc3ccc(C(=NO)C4CC4)nc32)cc1)C(=O)O. The fourth-order valence-corrected chi connectivity index (χ4v) is 3.70. The van der Waals surface area contributed by atoms with E-state index in [9.17, 15) is 15.1 Å². The average Bonchev–Trinajstić information content (AvgIpc) is 3.55. The fraction of sp³-hybridized carbons (Fsp3) is 0.375. The summed E-state index contributed by atoms with van der Waals surface area (Å²) in [7, 11) is 0. The summed E-state index contributed by atoms with van der Waals surface area (Å²) in [6.45, 7) is 3.21. The molecule has 1 aliphatic carbocycles. The number of hydrogen-bond acceptors (Lipinski definition) is 6. The third-order valence-electron chi connectivity index (χ3n) is 5.53. The second-order valence-corrected chi connectivity index (χ2v) is 7.86. The number of fused-ring (bicyclic) bond motifs is 1. The van der Waals surface area contributed by atoms with E-state index in [1.807, 2.05) is 53.2 Å². The molecule has 2 heterocycles. The topological polar surface area (TPSA) is 106 Å². The van der Waals surface area contributed by atoms with E-state index in [-0.39, 0.29) is 0 Å². The maximum absolute atomic E-state index is 11.2. The van der Waals surface area contributed by atoms with E-state index in [0.29, 0.717) is 49.3 Å². The van der Waals surface area contributed by atoms with Crippen LogP contribution in [0.4, 0.5) is 0 Å². The number of benzene rings is 1. The van der Waals surface area contributed by atoms with Crippen LogP contribution in [0.3, 0.4) is 0 Å². The van der Waals surface area contributed by atoms with E-state index in [1.54, 1.807) is 6.92 Å². The van der Waals surface area contributed by atoms with E-state index in [2.05, 4.69) is 5.16 Å². The number of rotatable bonds is 11. The molecule has 0 aliphatic heterocycles. The maximum atomic E-state index is 11.2. The highest BCUT2D eigenvalue weighted by atomic mass is 16.5. The standard InChI is InChI=1S/C24H27N3O5/c1-2-31-21(24(28)29)15-16-3-8-19(9-4-16)32-14-13-27-12-11-18-7-10-20(25-23(18)27)22(26-30)17-5-6-17/h3-4,7-12,17,21,30H,2,5-6,13-15H2,1H3,(H,28,29). The normalized spacial score (nSPS) is 15.1. The van der Waals surface area contributed by atoms with Crippen molar-refractivity contribution in [3.05, 3.63) is 59.9 Å². The minimum Gasteiger partial charge on any atom is -0.492 e. The minimum atomic E-state index is -0.961. The van der Waals surface area contributed by atoms with E-state index in [0.717, 1.165) is 29.4 Å². The first kappa shape index (κ1) is 21.8. The zero-order chi connectivity index (χ0) is 22.5. The predicted octanol–water partition coefficient (Wildman–Crippen LogP) is 3.74. The highest BCUT2D eigenvalue weighted by Crippen LogP contribution is 2.33. The molecule has 0 spiro atoms. The Labute approximate surface area is 186 Å². The highest BCUT2D eigenvalue weighted by molar-refractivity contribution is 6.02. The maximum Gasteiger partial charge on any atom is 0.333 e. The van der Waals surface area contributed by atoms with Crippen molar-refractivity contribution in [1.29, 1.82) is 0 Å². The van der Waals surface area contributed by atoms with Crippen LogP contribution in [0.5, 0.6) is 5.75 Å². The Balaban J connectivity index is 1.36. The van der Waals surface area contributed by atoms with Crippen LogP contribution in [-0.4, -0.2) is 50.9 Å². The molecule has 0 bridgehead atoms. The van der Waals surface area contributed by atoms with Gasteiger partial charge in [-0.05, 0) is 55.7 Å². The molecule has 32 heavy (non-hydrogen) atoms. The lowest BCUT2D eigenvalue weighted by Gasteiger charge is -2.13. The lowest BCUT2D eigenvalue weighted by Crippen LogP contribution is -2.26. The van der Waals surface area contributed by atoms with Gasteiger partial charge in [0.2, 0.25) is 0 Å². The van der Waals surface area contributed by atoms with Crippen LogP contribution in [0.2, 0.25) is 0 Å². The first-order valence-corrected chi connectivity index (χ1v) is 10.8. The number of nitrogens with zero attached hydrogens (tertiary/aromatic N) is 3. The van der Waals surface area contributed by atoms with Crippen LogP contribution < -0.4 is 4.74 Å². The molecule has 1 aliphatic rings. The Morgan fingerprint density at radius 3 is 2.66 bits per heavy atom. The van der Waals surface area contributed by atoms with Gasteiger partial charge in [-0.3, -0.25) is 0 Å². The Morgan fingerprint density at radius 1 is 1.22 bits per heavy atom. The van der Waals surface area contributed by atoms with Crippen molar-refractivity contribution in [2.24, 2.45) is 11.1 Å². The summed E-state index contributed by atoms with van der Waals surface area (Å²) in [5.41, 5.74) is 3.08. The van der Waals surface area contributed by atoms with Gasteiger partial charge < -0.3 is 24.4 Å². The molecular weight excluding hydrogens is 410 g/mol.